The highest BCUT2D eigenvalue weighted by molar-refractivity contribution is 5.69. The lowest BCUT2D eigenvalue weighted by Crippen LogP contribution is -2.14. The molecule has 0 heterocycles. The zero-order valence-corrected chi connectivity index (χ0v) is 23.1. The summed E-state index contributed by atoms with van der Waals surface area (Å²) in [5.74, 6) is -0.183. The van der Waals surface area contributed by atoms with Crippen LogP contribution in [0.25, 0.3) is 16.8 Å². The Kier molecular flexibility index (Phi) is 16.6. The molecule has 2 rings (SSSR count). The molecule has 0 atom stereocenters. The van der Waals surface area contributed by atoms with Gasteiger partial charge in [0.2, 0.25) is 0 Å². The number of hydrogen-bond donors (Lipinski definition) is 1. The number of allylic oxidation sites excluding steroid dienone is 4. The summed E-state index contributed by atoms with van der Waals surface area (Å²) in [6, 6.07) is 13.3. The van der Waals surface area contributed by atoms with Gasteiger partial charge in [0.25, 0.3) is 0 Å². The minimum absolute atomic E-state index is 0.183. The highest BCUT2D eigenvalue weighted by Crippen LogP contribution is 2.23. The number of benzene rings is 2. The maximum absolute atomic E-state index is 13.8. The van der Waals surface area contributed by atoms with Gasteiger partial charge >= 0.3 is 0 Å². The summed E-state index contributed by atoms with van der Waals surface area (Å²) in [4.78, 5) is 0. The summed E-state index contributed by atoms with van der Waals surface area (Å²) in [7, 11) is 0. The molecule has 0 radical (unpaired) electrons. The zero-order valence-electron chi connectivity index (χ0n) is 23.1. The van der Waals surface area contributed by atoms with Crippen LogP contribution in [0.2, 0.25) is 0 Å². The fourth-order valence-corrected chi connectivity index (χ4v) is 2.42. The van der Waals surface area contributed by atoms with Crippen molar-refractivity contribution >= 4 is 5.70 Å². The van der Waals surface area contributed by atoms with E-state index in [9.17, 15) is 4.39 Å². The zero-order chi connectivity index (χ0) is 26.8. The van der Waals surface area contributed by atoms with Gasteiger partial charge < -0.3 is 5.32 Å². The summed E-state index contributed by atoms with van der Waals surface area (Å²) in [6.07, 6.45) is 9.71. The Bertz CT molecular complexity index is 984. The van der Waals surface area contributed by atoms with Gasteiger partial charge in [-0.2, -0.15) is 0 Å². The first-order chi connectivity index (χ1) is 16.6. The fraction of sp³-hybridized carbons (Fsp3) is 0.333. The van der Waals surface area contributed by atoms with E-state index in [0.29, 0.717) is 12.1 Å². The molecule has 0 amide bonds. The van der Waals surface area contributed by atoms with E-state index in [0.717, 1.165) is 34.4 Å². The SMILES string of the molecule is C=C(C)CC.C=C/C(=C\C=C(C)C)CNC(=C)c1ccc(-c2ccc(C)c(F)c2)cc1.CCCC. The lowest BCUT2D eigenvalue weighted by atomic mass is 10.0. The predicted molar refractivity (Wildman–Crippen MR) is 157 cm³/mol. The molecule has 0 aliphatic carbocycles. The lowest BCUT2D eigenvalue weighted by Gasteiger charge is -2.11. The van der Waals surface area contributed by atoms with Crippen LogP contribution < -0.4 is 5.32 Å². The third kappa shape index (κ3) is 14.0. The van der Waals surface area contributed by atoms with Crippen LogP contribution in [0.15, 0.2) is 97.1 Å². The molecule has 0 bridgehead atoms. The minimum atomic E-state index is -0.183. The van der Waals surface area contributed by atoms with Crippen molar-refractivity contribution in [3.8, 4) is 11.1 Å². The first-order valence-corrected chi connectivity index (χ1v) is 12.5. The summed E-state index contributed by atoms with van der Waals surface area (Å²) in [5, 5.41) is 3.33. The molecule has 2 heteroatoms. The quantitative estimate of drug-likeness (QED) is 0.281. The van der Waals surface area contributed by atoms with Crippen molar-refractivity contribution in [2.24, 2.45) is 0 Å². The molecule has 1 nitrogen and oxygen atoms in total. The van der Waals surface area contributed by atoms with E-state index in [-0.39, 0.29) is 5.82 Å². The second-order valence-electron chi connectivity index (χ2n) is 8.87. The molecular formula is C33H46FN. The van der Waals surface area contributed by atoms with Crippen LogP contribution in [0.1, 0.15) is 71.9 Å². The van der Waals surface area contributed by atoms with Crippen LogP contribution >= 0.6 is 0 Å². The molecule has 35 heavy (non-hydrogen) atoms. The third-order valence-corrected chi connectivity index (χ3v) is 5.24. The normalized spacial score (nSPS) is 10.1. The summed E-state index contributed by atoms with van der Waals surface area (Å²) >= 11 is 0. The van der Waals surface area contributed by atoms with Gasteiger partial charge in [0, 0.05) is 12.2 Å². The van der Waals surface area contributed by atoms with Gasteiger partial charge in [-0.25, -0.2) is 4.39 Å². The maximum Gasteiger partial charge on any atom is 0.126 e. The monoisotopic (exact) mass is 475 g/mol. The van der Waals surface area contributed by atoms with E-state index < -0.39 is 0 Å². The minimum Gasteiger partial charge on any atom is -0.381 e. The van der Waals surface area contributed by atoms with Crippen molar-refractivity contribution in [2.45, 2.75) is 67.7 Å². The number of unbranched alkanes of at least 4 members (excludes halogenated alkanes) is 1. The van der Waals surface area contributed by atoms with Gasteiger partial charge in [0.05, 0.1) is 0 Å². The molecule has 0 unspecified atom stereocenters. The van der Waals surface area contributed by atoms with Gasteiger partial charge in [0.15, 0.2) is 0 Å². The Morgan fingerprint density at radius 2 is 1.43 bits per heavy atom. The average Bonchev–Trinajstić information content (AvgIpc) is 2.86. The number of aryl methyl sites for hydroxylation is 1. The average molecular weight is 476 g/mol. The Morgan fingerprint density at radius 3 is 1.86 bits per heavy atom. The molecular weight excluding hydrogens is 429 g/mol. The molecule has 0 aromatic heterocycles. The van der Waals surface area contributed by atoms with Crippen LogP contribution in [0.3, 0.4) is 0 Å². The van der Waals surface area contributed by atoms with Crippen molar-refractivity contribution in [3.63, 3.8) is 0 Å². The second-order valence-corrected chi connectivity index (χ2v) is 8.87. The largest absolute Gasteiger partial charge is 0.381 e. The first-order valence-electron chi connectivity index (χ1n) is 12.5. The maximum atomic E-state index is 13.8. The predicted octanol–water partition coefficient (Wildman–Crippen LogP) is 10.2. The molecule has 0 aliphatic rings. The molecule has 2 aromatic carbocycles. The van der Waals surface area contributed by atoms with Crippen molar-refractivity contribution in [1.29, 1.82) is 0 Å². The Balaban J connectivity index is 0.00000110. The molecule has 2 aromatic rings. The Hall–Kier alpha value is -3.13. The summed E-state index contributed by atoms with van der Waals surface area (Å²) in [5.41, 5.74) is 7.95. The Labute approximate surface area is 214 Å². The number of rotatable bonds is 9. The topological polar surface area (TPSA) is 12.0 Å². The lowest BCUT2D eigenvalue weighted by molar-refractivity contribution is 0.619. The number of hydrogen-bond acceptors (Lipinski definition) is 1. The van der Waals surface area contributed by atoms with Crippen LogP contribution in [0.4, 0.5) is 4.39 Å². The van der Waals surface area contributed by atoms with Gasteiger partial charge in [0.1, 0.15) is 5.82 Å². The second kappa shape index (κ2) is 18.2. The van der Waals surface area contributed by atoms with Crippen molar-refractivity contribution in [3.05, 3.63) is 114 Å². The molecule has 190 valence electrons. The van der Waals surface area contributed by atoms with E-state index in [1.807, 2.05) is 43.3 Å². The van der Waals surface area contributed by atoms with E-state index in [4.69, 9.17) is 0 Å². The van der Waals surface area contributed by atoms with Crippen LogP contribution in [-0.4, -0.2) is 6.54 Å². The Morgan fingerprint density at radius 1 is 0.886 bits per heavy atom. The molecule has 1 N–H and O–H groups in total. The molecule has 0 spiro atoms. The van der Waals surface area contributed by atoms with Gasteiger partial charge in [-0.1, -0.05) is 113 Å². The first kappa shape index (κ1) is 31.9. The third-order valence-electron chi connectivity index (χ3n) is 5.24. The van der Waals surface area contributed by atoms with Crippen LogP contribution in [-0.2, 0) is 0 Å². The number of nitrogens with one attached hydrogen (secondary N) is 1. The van der Waals surface area contributed by atoms with Crippen molar-refractivity contribution < 1.29 is 4.39 Å². The molecule has 0 saturated heterocycles. The van der Waals surface area contributed by atoms with Gasteiger partial charge in [-0.15, -0.1) is 6.58 Å². The fourth-order valence-electron chi connectivity index (χ4n) is 2.42. The van der Waals surface area contributed by atoms with Gasteiger partial charge in [-0.3, -0.25) is 0 Å². The van der Waals surface area contributed by atoms with Crippen molar-refractivity contribution in [2.75, 3.05) is 6.54 Å². The molecule has 0 fully saturated rings. The summed E-state index contributed by atoms with van der Waals surface area (Å²) < 4.78 is 13.8. The van der Waals surface area contributed by atoms with Crippen LogP contribution in [0.5, 0.6) is 0 Å². The number of halogens is 1. The molecule has 0 saturated carbocycles. The van der Waals surface area contributed by atoms with E-state index in [1.54, 1.807) is 19.1 Å². The van der Waals surface area contributed by atoms with Crippen molar-refractivity contribution in [1.82, 2.24) is 5.32 Å². The standard InChI is InChI=1S/C24H26FN.C5H10.C4H10/c1-6-20(9-7-17(2)3)16-26-19(5)21-11-13-22(14-12-21)23-10-8-18(4)24(25)15-23;1-4-5(2)3;1-3-4-2/h6-15,26H,1,5,16H2,2-4H3;2,4H2,1,3H3;3-4H2,1-2H3/b20-9+;;. The van der Waals surface area contributed by atoms with E-state index >= 15 is 0 Å². The smallest absolute Gasteiger partial charge is 0.126 e. The van der Waals surface area contributed by atoms with Gasteiger partial charge in [-0.05, 0) is 68.0 Å². The molecule has 0 aliphatic heterocycles. The van der Waals surface area contributed by atoms with E-state index in [2.05, 4.69) is 71.8 Å². The highest BCUT2D eigenvalue weighted by Gasteiger charge is 2.04. The van der Waals surface area contributed by atoms with E-state index in [1.165, 1.54) is 24.0 Å². The highest BCUT2D eigenvalue weighted by atomic mass is 19.1. The van der Waals surface area contributed by atoms with Crippen LogP contribution in [0, 0.1) is 12.7 Å². The summed E-state index contributed by atoms with van der Waals surface area (Å²) in [6.45, 7) is 26.7.